The molecule has 4 heterocycles. The summed E-state index contributed by atoms with van der Waals surface area (Å²) in [5.74, 6) is 0.646. The lowest BCUT2D eigenvalue weighted by Crippen LogP contribution is -2.30. The molecule has 0 radical (unpaired) electrons. The molecule has 0 saturated carbocycles. The van der Waals surface area contributed by atoms with Gasteiger partial charge in [-0.05, 0) is 22.3 Å². The third-order valence-electron chi connectivity index (χ3n) is 6.39. The Hall–Kier alpha value is -2.33. The van der Waals surface area contributed by atoms with Crippen LogP contribution in [0.3, 0.4) is 0 Å². The van der Waals surface area contributed by atoms with Crippen molar-refractivity contribution in [2.24, 2.45) is 11.8 Å². The van der Waals surface area contributed by atoms with Crippen molar-refractivity contribution in [1.29, 1.82) is 0 Å². The predicted octanol–water partition coefficient (Wildman–Crippen LogP) is 3.92. The first-order chi connectivity index (χ1) is 11.8. The molecule has 0 aliphatic carbocycles. The fourth-order valence-corrected chi connectivity index (χ4v) is 5.73. The van der Waals surface area contributed by atoms with Crippen LogP contribution < -0.4 is 0 Å². The number of fused-ring (bicyclic) bond motifs is 15. The van der Waals surface area contributed by atoms with E-state index in [0.29, 0.717) is 11.8 Å². The van der Waals surface area contributed by atoms with Gasteiger partial charge in [0.05, 0.1) is 31.4 Å². The minimum absolute atomic E-state index is 0.0620. The first-order valence-electron chi connectivity index (χ1n) is 8.50. The number of carbonyl (C=O) groups is 1. The summed E-state index contributed by atoms with van der Waals surface area (Å²) in [6, 6.07) is 17.1. The van der Waals surface area contributed by atoms with E-state index in [-0.39, 0.29) is 30.4 Å². The Balaban J connectivity index is 1.56. The van der Waals surface area contributed by atoms with E-state index in [4.69, 9.17) is 9.47 Å². The van der Waals surface area contributed by atoms with Crippen molar-refractivity contribution in [1.82, 2.24) is 4.90 Å². The Kier molecular flexibility index (Phi) is 2.27. The number of ether oxygens (including phenoxy) is 2. The van der Waals surface area contributed by atoms with Crippen molar-refractivity contribution in [3.63, 3.8) is 0 Å². The van der Waals surface area contributed by atoms with Gasteiger partial charge in [-0.3, -0.25) is 4.90 Å². The second-order valence-corrected chi connectivity index (χ2v) is 7.16. The van der Waals surface area contributed by atoms with Crippen LogP contribution in [0.15, 0.2) is 48.5 Å². The van der Waals surface area contributed by atoms with E-state index in [1.54, 1.807) is 0 Å². The average Bonchev–Trinajstić information content (AvgIpc) is 3.35. The topological polar surface area (TPSA) is 38.8 Å². The number of rotatable bonds is 0. The molecule has 120 valence electrons. The number of hydrogen-bond acceptors (Lipinski definition) is 3. The minimum Gasteiger partial charge on any atom is -0.453 e. The Labute approximate surface area is 140 Å². The molecule has 0 spiro atoms. The number of methoxy groups -OCH3 is 1. The van der Waals surface area contributed by atoms with Crippen molar-refractivity contribution in [2.75, 3.05) is 7.11 Å². The fraction of sp³-hybridized carbons (Fsp3) is 0.350. The summed E-state index contributed by atoms with van der Waals surface area (Å²) in [7, 11) is 1.47. The lowest BCUT2D eigenvalue weighted by molar-refractivity contribution is 0.0195. The molecular weight excluding hydrogens is 302 g/mol. The van der Waals surface area contributed by atoms with Crippen molar-refractivity contribution < 1.29 is 14.3 Å². The zero-order valence-electron chi connectivity index (χ0n) is 13.3. The van der Waals surface area contributed by atoms with Crippen LogP contribution in [-0.4, -0.2) is 18.1 Å². The van der Waals surface area contributed by atoms with Gasteiger partial charge in [-0.2, -0.15) is 0 Å². The molecule has 0 unspecified atom stereocenters. The number of nitrogens with zero attached hydrogens (tertiary/aromatic N) is 1. The lowest BCUT2D eigenvalue weighted by atomic mass is 9.67. The quantitative estimate of drug-likeness (QED) is 0.739. The summed E-state index contributed by atoms with van der Waals surface area (Å²) < 4.78 is 11.5. The van der Waals surface area contributed by atoms with Crippen molar-refractivity contribution >= 4 is 6.09 Å². The van der Waals surface area contributed by atoms with Gasteiger partial charge in [0.15, 0.2) is 0 Å². The lowest BCUT2D eigenvalue weighted by Gasteiger charge is -2.31. The number of benzene rings is 2. The van der Waals surface area contributed by atoms with E-state index in [2.05, 4.69) is 48.5 Å². The van der Waals surface area contributed by atoms with Crippen LogP contribution in [0.25, 0.3) is 0 Å². The first-order valence-corrected chi connectivity index (χ1v) is 8.50. The zero-order valence-corrected chi connectivity index (χ0v) is 13.3. The molecule has 4 heteroatoms. The van der Waals surface area contributed by atoms with Crippen molar-refractivity contribution in [3.05, 3.63) is 70.8 Å². The zero-order chi connectivity index (χ0) is 16.0. The SMILES string of the molecule is COC(=O)N1[C@@H]2c3ccccc3[C@H]1[C@H]1[C@@H]2[C@@H]2O[C@H]1c1ccccc12. The molecule has 4 aliphatic heterocycles. The van der Waals surface area contributed by atoms with Crippen LogP contribution in [-0.2, 0) is 9.47 Å². The minimum atomic E-state index is -0.223. The Bertz CT molecular complexity index is 817. The molecule has 1 amide bonds. The number of hydrogen-bond donors (Lipinski definition) is 0. The summed E-state index contributed by atoms with van der Waals surface area (Å²) in [5, 5.41) is 0. The molecule has 2 aromatic carbocycles. The third-order valence-corrected chi connectivity index (χ3v) is 6.39. The highest BCUT2D eigenvalue weighted by molar-refractivity contribution is 5.72. The molecule has 2 aromatic rings. The van der Waals surface area contributed by atoms with Gasteiger partial charge in [0, 0.05) is 11.8 Å². The van der Waals surface area contributed by atoms with Gasteiger partial charge < -0.3 is 9.47 Å². The monoisotopic (exact) mass is 319 g/mol. The maximum absolute atomic E-state index is 12.5. The van der Waals surface area contributed by atoms with Gasteiger partial charge in [0.1, 0.15) is 0 Å². The van der Waals surface area contributed by atoms with Gasteiger partial charge in [0.25, 0.3) is 0 Å². The largest absolute Gasteiger partial charge is 0.453 e. The Morgan fingerprint density at radius 2 is 1.33 bits per heavy atom. The smallest absolute Gasteiger partial charge is 0.410 e. The summed E-state index contributed by atoms with van der Waals surface area (Å²) in [6.07, 6.45) is -0.0440. The first kappa shape index (κ1) is 13.0. The van der Waals surface area contributed by atoms with Gasteiger partial charge in [-0.1, -0.05) is 48.5 Å². The van der Waals surface area contributed by atoms with E-state index in [1.165, 1.54) is 29.4 Å². The van der Waals surface area contributed by atoms with E-state index in [0.717, 1.165) is 0 Å². The molecule has 6 atom stereocenters. The van der Waals surface area contributed by atoms with Crippen LogP contribution in [0.5, 0.6) is 0 Å². The standard InChI is InChI=1S/C20H17NO3/c1-23-20(22)21-16-10-6-2-3-7-11(10)17(21)15-14(16)18-12-8-4-5-9-13(12)19(15)24-18/h2-9,14-19H,1H3/t14-,15+,16+,17-,18+,19-. The molecular formula is C20H17NO3. The highest BCUT2D eigenvalue weighted by Gasteiger charge is 2.68. The van der Waals surface area contributed by atoms with Crippen molar-refractivity contribution in [3.8, 4) is 0 Å². The maximum Gasteiger partial charge on any atom is 0.410 e. The second-order valence-electron chi connectivity index (χ2n) is 7.16. The van der Waals surface area contributed by atoms with E-state index in [9.17, 15) is 4.79 Å². The van der Waals surface area contributed by atoms with E-state index >= 15 is 0 Å². The van der Waals surface area contributed by atoms with E-state index in [1.807, 2.05) is 4.90 Å². The molecule has 4 aliphatic rings. The Morgan fingerprint density at radius 1 is 0.875 bits per heavy atom. The molecule has 4 bridgehead atoms. The van der Waals surface area contributed by atoms with E-state index < -0.39 is 0 Å². The van der Waals surface area contributed by atoms with Crippen LogP contribution in [0.4, 0.5) is 4.79 Å². The van der Waals surface area contributed by atoms with Crippen LogP contribution in [0, 0.1) is 11.8 Å². The molecule has 6 rings (SSSR count). The molecule has 2 fully saturated rings. The maximum atomic E-state index is 12.5. The van der Waals surface area contributed by atoms with Gasteiger partial charge in [0.2, 0.25) is 0 Å². The molecule has 0 aromatic heterocycles. The number of carbonyl (C=O) groups excluding carboxylic acids is 1. The second kappa shape index (κ2) is 4.19. The van der Waals surface area contributed by atoms with Crippen LogP contribution in [0.2, 0.25) is 0 Å². The van der Waals surface area contributed by atoms with Gasteiger partial charge in [-0.25, -0.2) is 4.79 Å². The summed E-state index contributed by atoms with van der Waals surface area (Å²) in [5.41, 5.74) is 5.14. The highest BCUT2D eigenvalue weighted by atomic mass is 16.5. The van der Waals surface area contributed by atoms with Gasteiger partial charge in [-0.15, -0.1) is 0 Å². The molecule has 24 heavy (non-hydrogen) atoms. The van der Waals surface area contributed by atoms with Crippen LogP contribution in [0.1, 0.15) is 46.5 Å². The van der Waals surface area contributed by atoms with Crippen molar-refractivity contribution in [2.45, 2.75) is 24.3 Å². The van der Waals surface area contributed by atoms with Crippen LogP contribution >= 0.6 is 0 Å². The number of amides is 1. The third kappa shape index (κ3) is 1.26. The summed E-state index contributed by atoms with van der Waals surface area (Å²) in [6.45, 7) is 0. The Morgan fingerprint density at radius 3 is 1.79 bits per heavy atom. The van der Waals surface area contributed by atoms with Gasteiger partial charge >= 0.3 is 6.09 Å². The predicted molar refractivity (Wildman–Crippen MR) is 86.2 cm³/mol. The average molecular weight is 319 g/mol. The summed E-state index contributed by atoms with van der Waals surface area (Å²) >= 11 is 0. The molecule has 0 N–H and O–H groups in total. The molecule has 2 saturated heterocycles. The normalized spacial score (nSPS) is 36.5. The molecule has 4 nitrogen and oxygen atoms in total. The fourth-order valence-electron chi connectivity index (χ4n) is 5.73. The highest BCUT2D eigenvalue weighted by Crippen LogP contribution is 2.73. The summed E-state index contributed by atoms with van der Waals surface area (Å²) in [4.78, 5) is 14.5.